The molecule has 0 saturated heterocycles. The average Bonchev–Trinajstić information content (AvgIpc) is 3.17. The molecular weight excluding hydrogens is 364 g/mol. The molecule has 0 fully saturated rings. The van der Waals surface area contributed by atoms with Crippen molar-refractivity contribution in [3.63, 3.8) is 0 Å². The molecule has 140 valence electrons. The number of nitrogens with zero attached hydrogens (tertiary/aromatic N) is 2. The van der Waals surface area contributed by atoms with Gasteiger partial charge in [0.25, 0.3) is 0 Å². The monoisotopic (exact) mass is 386 g/mol. The summed E-state index contributed by atoms with van der Waals surface area (Å²) in [6.07, 6.45) is 2.46. The minimum atomic E-state index is -1.08. The highest BCUT2D eigenvalue weighted by Gasteiger charge is 2.30. The smallest absolute Gasteiger partial charge is 0.103 e. The zero-order valence-corrected chi connectivity index (χ0v) is 17.0. The third kappa shape index (κ3) is 2.45. The molecule has 28 heavy (non-hydrogen) atoms. The van der Waals surface area contributed by atoms with Crippen LogP contribution in [0.15, 0.2) is 82.7 Å². The van der Waals surface area contributed by atoms with Crippen molar-refractivity contribution in [3.05, 3.63) is 84.1 Å². The van der Waals surface area contributed by atoms with Gasteiger partial charge < -0.3 is 9.80 Å². The topological polar surface area (TPSA) is 23.6 Å². The van der Waals surface area contributed by atoms with E-state index in [1.165, 1.54) is 16.9 Å². The fraction of sp³-hybridized carbons (Fsp3) is 0.167. The van der Waals surface area contributed by atoms with Crippen molar-refractivity contribution in [2.45, 2.75) is 29.8 Å². The second-order valence-electron chi connectivity index (χ2n) is 7.43. The molecule has 0 aromatic heterocycles. The predicted octanol–water partition coefficient (Wildman–Crippen LogP) is 5.24. The zero-order chi connectivity index (χ0) is 19.4. The molecular formula is C24H22N2OS. The Kier molecular flexibility index (Phi) is 3.91. The van der Waals surface area contributed by atoms with Crippen molar-refractivity contribution in [2.24, 2.45) is 0 Å². The molecule has 0 saturated carbocycles. The molecule has 3 aromatic rings. The zero-order valence-electron chi connectivity index (χ0n) is 16.2. The largest absolute Gasteiger partial charge is 0.353 e. The van der Waals surface area contributed by atoms with Gasteiger partial charge in [0.15, 0.2) is 0 Å². The van der Waals surface area contributed by atoms with Crippen LogP contribution >= 0.6 is 0 Å². The molecule has 2 unspecified atom stereocenters. The van der Waals surface area contributed by atoms with Crippen molar-refractivity contribution < 1.29 is 4.21 Å². The Labute approximate surface area is 168 Å². The van der Waals surface area contributed by atoms with Gasteiger partial charge >= 0.3 is 0 Å². The normalized spacial score (nSPS) is 20.2. The minimum Gasteiger partial charge on any atom is -0.353 e. The highest BCUT2D eigenvalue weighted by Crippen LogP contribution is 2.43. The van der Waals surface area contributed by atoms with Gasteiger partial charge in [0, 0.05) is 30.1 Å². The first-order valence-electron chi connectivity index (χ1n) is 9.50. The first-order valence-corrected chi connectivity index (χ1v) is 10.7. The van der Waals surface area contributed by atoms with E-state index >= 15 is 0 Å². The lowest BCUT2D eigenvalue weighted by Crippen LogP contribution is -2.34. The maximum absolute atomic E-state index is 12.8. The molecule has 3 nitrogen and oxygen atoms in total. The van der Waals surface area contributed by atoms with Crippen molar-refractivity contribution in [2.75, 3.05) is 11.9 Å². The van der Waals surface area contributed by atoms with Crippen LogP contribution in [0, 0.1) is 6.92 Å². The molecule has 0 aliphatic carbocycles. The third-order valence-corrected chi connectivity index (χ3v) is 7.36. The van der Waals surface area contributed by atoms with Gasteiger partial charge in [0.05, 0.1) is 26.3 Å². The summed E-state index contributed by atoms with van der Waals surface area (Å²) in [7, 11) is 1.05. The summed E-state index contributed by atoms with van der Waals surface area (Å²) in [5.41, 5.74) is 6.99. The molecule has 4 heteroatoms. The second kappa shape index (κ2) is 6.35. The Morgan fingerprint density at radius 1 is 0.893 bits per heavy atom. The number of hydrogen-bond donors (Lipinski definition) is 0. The minimum absolute atomic E-state index is 0.228. The molecule has 3 aromatic carbocycles. The number of anilines is 1. The van der Waals surface area contributed by atoms with Gasteiger partial charge in [-0.05, 0) is 49.2 Å². The summed E-state index contributed by atoms with van der Waals surface area (Å²) in [4.78, 5) is 6.45. The lowest BCUT2D eigenvalue weighted by molar-refractivity contribution is 0.399. The first-order chi connectivity index (χ1) is 13.6. The fourth-order valence-electron chi connectivity index (χ4n) is 4.15. The summed E-state index contributed by atoms with van der Waals surface area (Å²) in [6.45, 7) is 4.36. The molecule has 2 aliphatic heterocycles. The predicted molar refractivity (Wildman–Crippen MR) is 115 cm³/mol. The van der Waals surface area contributed by atoms with Crippen molar-refractivity contribution >= 4 is 22.2 Å². The van der Waals surface area contributed by atoms with E-state index in [1.807, 2.05) is 24.3 Å². The highest BCUT2D eigenvalue weighted by atomic mass is 32.2. The van der Waals surface area contributed by atoms with Gasteiger partial charge in [-0.3, -0.25) is 0 Å². The maximum Gasteiger partial charge on any atom is 0.103 e. The van der Waals surface area contributed by atoms with Crippen LogP contribution in [0.4, 0.5) is 5.69 Å². The molecule has 2 heterocycles. The molecule has 0 N–H and O–H groups in total. The summed E-state index contributed by atoms with van der Waals surface area (Å²) in [6, 6.07) is 22.8. The van der Waals surface area contributed by atoms with E-state index in [1.54, 1.807) is 0 Å². The number of aryl methyl sites for hydroxylation is 1. The average molecular weight is 387 g/mol. The lowest BCUT2D eigenvalue weighted by atomic mass is 10.0. The first kappa shape index (κ1) is 17.3. The summed E-state index contributed by atoms with van der Waals surface area (Å²) in [5, 5.41) is 0. The van der Waals surface area contributed by atoms with Crippen LogP contribution in [0.2, 0.25) is 0 Å². The van der Waals surface area contributed by atoms with E-state index in [0.717, 1.165) is 26.5 Å². The second-order valence-corrected chi connectivity index (χ2v) is 8.84. The molecule has 0 spiro atoms. The van der Waals surface area contributed by atoms with Crippen LogP contribution < -0.4 is 4.90 Å². The SMILES string of the molecule is Cc1ccccc1N1C=C(c2ccc3c(c2)-c2ccccc2S3=O)N(C)C1C. The van der Waals surface area contributed by atoms with Crippen molar-refractivity contribution in [1.82, 2.24) is 4.90 Å². The number of fused-ring (bicyclic) bond motifs is 3. The van der Waals surface area contributed by atoms with E-state index in [4.69, 9.17) is 0 Å². The number of rotatable bonds is 2. The van der Waals surface area contributed by atoms with E-state index in [2.05, 4.69) is 79.4 Å². The van der Waals surface area contributed by atoms with Crippen LogP contribution in [0.5, 0.6) is 0 Å². The summed E-state index contributed by atoms with van der Waals surface area (Å²) >= 11 is 0. The summed E-state index contributed by atoms with van der Waals surface area (Å²) < 4.78 is 12.8. The summed E-state index contributed by atoms with van der Waals surface area (Å²) in [5.74, 6) is 0. The molecule has 0 amide bonds. The molecule has 5 rings (SSSR count). The van der Waals surface area contributed by atoms with Crippen LogP contribution in [0.25, 0.3) is 16.8 Å². The third-order valence-electron chi connectivity index (χ3n) is 5.85. The standard InChI is InChI=1S/C24H22N2OS/c1-16-8-4-6-10-21(16)26-15-22(25(3)17(26)2)18-12-13-24-20(14-18)19-9-5-7-11-23(19)28(24)27/h4-15,17H,1-3H3. The molecule has 0 bridgehead atoms. The number of hydrogen-bond acceptors (Lipinski definition) is 3. The van der Waals surface area contributed by atoms with Crippen molar-refractivity contribution in [1.29, 1.82) is 0 Å². The van der Waals surface area contributed by atoms with Crippen LogP contribution in [-0.4, -0.2) is 22.3 Å². The van der Waals surface area contributed by atoms with Crippen molar-refractivity contribution in [3.8, 4) is 11.1 Å². The van der Waals surface area contributed by atoms with Crippen LogP contribution in [0.3, 0.4) is 0 Å². The van der Waals surface area contributed by atoms with Gasteiger partial charge in [-0.1, -0.05) is 42.5 Å². The van der Waals surface area contributed by atoms with Gasteiger partial charge in [0.2, 0.25) is 0 Å². The highest BCUT2D eigenvalue weighted by molar-refractivity contribution is 7.85. The number of benzene rings is 3. The van der Waals surface area contributed by atoms with Gasteiger partial charge in [0.1, 0.15) is 6.17 Å². The van der Waals surface area contributed by atoms with E-state index in [9.17, 15) is 4.21 Å². The van der Waals surface area contributed by atoms with Gasteiger partial charge in [-0.25, -0.2) is 4.21 Å². The van der Waals surface area contributed by atoms with Gasteiger partial charge in [-0.2, -0.15) is 0 Å². The lowest BCUT2D eigenvalue weighted by Gasteiger charge is -2.29. The van der Waals surface area contributed by atoms with E-state index in [0.29, 0.717) is 0 Å². The maximum atomic E-state index is 12.8. The molecule has 2 atom stereocenters. The Hall–Kier alpha value is -2.85. The van der Waals surface area contributed by atoms with E-state index in [-0.39, 0.29) is 6.17 Å². The quantitative estimate of drug-likeness (QED) is 0.471. The Morgan fingerprint density at radius 3 is 2.43 bits per heavy atom. The van der Waals surface area contributed by atoms with Gasteiger partial charge in [-0.15, -0.1) is 0 Å². The Balaban J connectivity index is 1.60. The number of para-hydroxylation sites is 1. The fourth-order valence-corrected chi connectivity index (χ4v) is 5.53. The van der Waals surface area contributed by atoms with Crippen LogP contribution in [0.1, 0.15) is 18.1 Å². The Bertz CT molecular complexity index is 1150. The Morgan fingerprint density at radius 2 is 1.61 bits per heavy atom. The molecule has 0 radical (unpaired) electrons. The van der Waals surface area contributed by atoms with E-state index < -0.39 is 10.8 Å². The molecule has 2 aliphatic rings. The van der Waals surface area contributed by atoms with Crippen LogP contribution in [-0.2, 0) is 10.8 Å².